The van der Waals surface area contributed by atoms with E-state index in [9.17, 15) is 13.2 Å². The minimum Gasteiger partial charge on any atom is -0.495 e. The van der Waals surface area contributed by atoms with Gasteiger partial charge in [-0.1, -0.05) is 11.6 Å². The van der Waals surface area contributed by atoms with E-state index < -0.39 is 10.0 Å². The van der Waals surface area contributed by atoms with E-state index in [2.05, 4.69) is 0 Å². The number of hydrogen-bond donors (Lipinski definition) is 0. The Hall–Kier alpha value is -2.25. The molecule has 0 N–H and O–H groups in total. The van der Waals surface area contributed by atoms with E-state index >= 15 is 0 Å². The predicted molar refractivity (Wildman–Crippen MR) is 99.1 cm³/mol. The van der Waals surface area contributed by atoms with Gasteiger partial charge in [-0.25, -0.2) is 8.42 Å². The molecule has 0 fully saturated rings. The van der Waals surface area contributed by atoms with Crippen molar-refractivity contribution in [2.24, 2.45) is 0 Å². The molecule has 0 aliphatic rings. The summed E-state index contributed by atoms with van der Waals surface area (Å²) in [6.45, 7) is 1.46. The average molecular weight is 383 g/mol. The Morgan fingerprint density at radius 1 is 1.04 bits per heavy atom. The quantitative estimate of drug-likeness (QED) is 0.796. The molecule has 0 saturated heterocycles. The third kappa shape index (κ3) is 3.88. The largest absolute Gasteiger partial charge is 0.495 e. The summed E-state index contributed by atoms with van der Waals surface area (Å²) in [4.78, 5) is 12.9. The molecule has 134 valence electrons. The minimum absolute atomic E-state index is 0.0609. The van der Waals surface area contributed by atoms with E-state index in [1.54, 1.807) is 31.3 Å². The van der Waals surface area contributed by atoms with Gasteiger partial charge in [-0.2, -0.15) is 0 Å². The second-order valence-electron chi connectivity index (χ2n) is 5.36. The molecule has 6 nitrogen and oxygen atoms in total. The summed E-state index contributed by atoms with van der Waals surface area (Å²) in [5, 5.41) is 0.218. The second-order valence-corrected chi connectivity index (χ2v) is 7.74. The summed E-state index contributed by atoms with van der Waals surface area (Å²) in [6, 6.07) is 10.9. The van der Waals surface area contributed by atoms with Gasteiger partial charge in [0.25, 0.3) is 10.0 Å². The number of amides is 1. The van der Waals surface area contributed by atoms with Crippen LogP contribution in [0.25, 0.3) is 0 Å². The number of sulfonamides is 1. The fourth-order valence-electron chi connectivity index (χ4n) is 2.17. The number of carbonyl (C=O) groups excluding carboxylic acids is 1. The summed E-state index contributed by atoms with van der Waals surface area (Å²) in [5.74, 6) is 0.293. The lowest BCUT2D eigenvalue weighted by molar-refractivity contribution is -0.116. The fraction of sp³-hybridized carbons (Fsp3) is 0.235. The van der Waals surface area contributed by atoms with Crippen LogP contribution in [0.5, 0.6) is 5.75 Å². The Morgan fingerprint density at radius 3 is 2.08 bits per heavy atom. The van der Waals surface area contributed by atoms with E-state index in [0.717, 1.165) is 4.31 Å². The van der Waals surface area contributed by atoms with Crippen LogP contribution in [0.4, 0.5) is 11.4 Å². The molecule has 0 heterocycles. The topological polar surface area (TPSA) is 66.9 Å². The number of nitrogens with zero attached hydrogens (tertiary/aromatic N) is 2. The minimum atomic E-state index is -3.78. The van der Waals surface area contributed by atoms with Crippen LogP contribution < -0.4 is 13.9 Å². The SMILES string of the molecule is COc1ccc(S(=O)(=O)N(C)c2ccc(N(C)C(C)=O)cc2)cc1Cl. The van der Waals surface area contributed by atoms with Crippen molar-refractivity contribution in [3.05, 3.63) is 47.5 Å². The second kappa shape index (κ2) is 7.33. The zero-order valence-electron chi connectivity index (χ0n) is 14.4. The zero-order chi connectivity index (χ0) is 18.8. The lowest BCUT2D eigenvalue weighted by atomic mass is 10.2. The molecule has 0 aliphatic heterocycles. The molecular formula is C17H19ClN2O4S. The number of methoxy groups -OCH3 is 1. The van der Waals surface area contributed by atoms with E-state index in [4.69, 9.17) is 16.3 Å². The van der Waals surface area contributed by atoms with Gasteiger partial charge in [-0.15, -0.1) is 0 Å². The van der Waals surface area contributed by atoms with E-state index in [1.807, 2.05) is 0 Å². The third-order valence-electron chi connectivity index (χ3n) is 3.85. The van der Waals surface area contributed by atoms with Crippen molar-refractivity contribution in [2.45, 2.75) is 11.8 Å². The Balaban J connectivity index is 2.33. The van der Waals surface area contributed by atoms with Crippen molar-refractivity contribution in [2.75, 3.05) is 30.4 Å². The number of ether oxygens (including phenoxy) is 1. The van der Waals surface area contributed by atoms with E-state index in [1.165, 1.54) is 44.2 Å². The van der Waals surface area contributed by atoms with Crippen molar-refractivity contribution in [1.82, 2.24) is 0 Å². The maximum atomic E-state index is 12.8. The van der Waals surface area contributed by atoms with Gasteiger partial charge in [0.1, 0.15) is 5.75 Å². The van der Waals surface area contributed by atoms with E-state index in [-0.39, 0.29) is 15.8 Å². The number of hydrogen-bond acceptors (Lipinski definition) is 4. The van der Waals surface area contributed by atoms with Gasteiger partial charge < -0.3 is 9.64 Å². The maximum absolute atomic E-state index is 12.8. The van der Waals surface area contributed by atoms with Crippen LogP contribution in [0.2, 0.25) is 5.02 Å². The van der Waals surface area contributed by atoms with Crippen molar-refractivity contribution >= 4 is 38.9 Å². The highest BCUT2D eigenvalue weighted by atomic mass is 35.5. The number of rotatable bonds is 5. The summed E-state index contributed by atoms with van der Waals surface area (Å²) >= 11 is 6.03. The molecule has 1 amide bonds. The molecule has 0 unspecified atom stereocenters. The molecule has 2 rings (SSSR count). The summed E-state index contributed by atoms with van der Waals surface area (Å²) in [7, 11) is 0.789. The molecule has 0 bridgehead atoms. The highest BCUT2D eigenvalue weighted by Crippen LogP contribution is 2.30. The van der Waals surface area contributed by atoms with Crippen LogP contribution in [-0.2, 0) is 14.8 Å². The Labute approximate surface area is 152 Å². The van der Waals surface area contributed by atoms with Gasteiger partial charge in [0.05, 0.1) is 22.7 Å². The van der Waals surface area contributed by atoms with Crippen LogP contribution in [-0.4, -0.2) is 35.5 Å². The first-order valence-corrected chi connectivity index (χ1v) is 9.17. The molecule has 8 heteroatoms. The molecule has 0 spiro atoms. The highest BCUT2D eigenvalue weighted by Gasteiger charge is 2.22. The molecule has 0 aliphatic carbocycles. The van der Waals surface area contributed by atoms with Gasteiger partial charge >= 0.3 is 0 Å². The summed E-state index contributed by atoms with van der Waals surface area (Å²) in [6.07, 6.45) is 0. The van der Waals surface area contributed by atoms with Gasteiger partial charge in [-0.05, 0) is 42.5 Å². The van der Waals surface area contributed by atoms with Crippen molar-refractivity contribution in [3.63, 3.8) is 0 Å². The monoisotopic (exact) mass is 382 g/mol. The molecule has 2 aromatic rings. The standard InChI is InChI=1S/C17H19ClN2O4S/c1-12(21)19(2)13-5-7-14(8-6-13)20(3)25(22,23)15-9-10-17(24-4)16(18)11-15/h5-11H,1-4H3. The first kappa shape index (κ1) is 19.1. The molecule has 0 aromatic heterocycles. The Bertz CT molecular complexity index is 882. The maximum Gasteiger partial charge on any atom is 0.264 e. The van der Waals surface area contributed by atoms with Gasteiger partial charge in [0, 0.05) is 26.7 Å². The highest BCUT2D eigenvalue weighted by molar-refractivity contribution is 7.92. The molecule has 0 atom stereocenters. The Kier molecular flexibility index (Phi) is 5.59. The van der Waals surface area contributed by atoms with Crippen LogP contribution in [0.3, 0.4) is 0 Å². The lowest BCUT2D eigenvalue weighted by Crippen LogP contribution is -2.27. The van der Waals surface area contributed by atoms with E-state index in [0.29, 0.717) is 17.1 Å². The van der Waals surface area contributed by atoms with Gasteiger partial charge in [0.15, 0.2) is 0 Å². The number of carbonyl (C=O) groups is 1. The van der Waals surface area contributed by atoms with Crippen molar-refractivity contribution in [3.8, 4) is 5.75 Å². The molecule has 0 radical (unpaired) electrons. The number of benzene rings is 2. The van der Waals surface area contributed by atoms with Crippen molar-refractivity contribution in [1.29, 1.82) is 0 Å². The van der Waals surface area contributed by atoms with Crippen LogP contribution >= 0.6 is 11.6 Å². The smallest absolute Gasteiger partial charge is 0.264 e. The lowest BCUT2D eigenvalue weighted by Gasteiger charge is -2.21. The van der Waals surface area contributed by atoms with Crippen molar-refractivity contribution < 1.29 is 17.9 Å². The third-order valence-corrected chi connectivity index (χ3v) is 5.93. The Morgan fingerprint density at radius 2 is 1.60 bits per heavy atom. The molecule has 0 saturated carbocycles. The summed E-state index contributed by atoms with van der Waals surface area (Å²) in [5.41, 5.74) is 1.14. The zero-order valence-corrected chi connectivity index (χ0v) is 15.9. The number of halogens is 1. The van der Waals surface area contributed by atoms with Gasteiger partial charge in [-0.3, -0.25) is 9.10 Å². The first-order valence-electron chi connectivity index (χ1n) is 7.35. The average Bonchev–Trinajstić information content (AvgIpc) is 2.60. The normalized spacial score (nSPS) is 11.1. The van der Waals surface area contributed by atoms with Crippen LogP contribution in [0.15, 0.2) is 47.4 Å². The molecule has 2 aromatic carbocycles. The van der Waals surface area contributed by atoms with Crippen LogP contribution in [0.1, 0.15) is 6.92 Å². The molecule has 25 heavy (non-hydrogen) atoms. The fourth-order valence-corrected chi connectivity index (χ4v) is 3.72. The van der Waals surface area contributed by atoms with Gasteiger partial charge in [0.2, 0.25) is 5.91 Å². The predicted octanol–water partition coefficient (Wildman–Crippen LogP) is 3.16. The number of anilines is 2. The summed E-state index contributed by atoms with van der Waals surface area (Å²) < 4.78 is 31.7. The first-order chi connectivity index (χ1) is 11.7. The van der Waals surface area contributed by atoms with Crippen LogP contribution in [0, 0.1) is 0 Å². The molecular weight excluding hydrogens is 364 g/mol.